The van der Waals surface area contributed by atoms with Crippen molar-refractivity contribution in [3.63, 3.8) is 0 Å². The van der Waals surface area contributed by atoms with Crippen molar-refractivity contribution in [3.8, 4) is 0 Å². The summed E-state index contributed by atoms with van der Waals surface area (Å²) in [6.07, 6.45) is 2.94. The highest BCUT2D eigenvalue weighted by atomic mass is 16.6. The third kappa shape index (κ3) is 6.17. The number of nitrogens with one attached hydrogen (secondary N) is 1. The topological polar surface area (TPSA) is 136 Å². The minimum Gasteiger partial charge on any atom is -0.443 e. The van der Waals surface area contributed by atoms with Gasteiger partial charge in [0.15, 0.2) is 0 Å². The molecule has 1 aromatic carbocycles. The molecule has 3 heterocycles. The Morgan fingerprint density at radius 3 is 2.72 bits per heavy atom. The van der Waals surface area contributed by atoms with Gasteiger partial charge < -0.3 is 30.5 Å². The number of hydrogen-bond donors (Lipinski definition) is 3. The molecule has 4 N–H and O–H groups in total. The zero-order chi connectivity index (χ0) is 25.7. The second kappa shape index (κ2) is 11.0. The first kappa shape index (κ1) is 25.5. The number of fused-ring (bicyclic) bond motifs is 1. The molecule has 1 fully saturated rings. The van der Waals surface area contributed by atoms with Gasteiger partial charge in [0, 0.05) is 13.1 Å². The first-order valence-electron chi connectivity index (χ1n) is 11.9. The van der Waals surface area contributed by atoms with Gasteiger partial charge in [0.05, 0.1) is 24.9 Å². The maximum Gasteiger partial charge on any atom is 0.410 e. The monoisotopic (exact) mass is 497 g/mol. The lowest BCUT2D eigenvalue weighted by Crippen LogP contribution is -2.51. The Kier molecular flexibility index (Phi) is 7.82. The van der Waals surface area contributed by atoms with Crippen LogP contribution >= 0.6 is 0 Å². The number of β-amino-alcohol motifs (C(OH)–C–C–N with tert-alkyl or cyclic N) is 1. The van der Waals surface area contributed by atoms with Crippen LogP contribution in [-0.2, 0) is 27.5 Å². The van der Waals surface area contributed by atoms with E-state index < -0.39 is 23.8 Å². The van der Waals surface area contributed by atoms with E-state index in [0.29, 0.717) is 31.1 Å². The van der Waals surface area contributed by atoms with Crippen LogP contribution in [0.25, 0.3) is 0 Å². The van der Waals surface area contributed by atoms with Crippen molar-refractivity contribution < 1.29 is 28.7 Å². The number of nitrogens with zero attached hydrogens (tertiary/aromatic N) is 4. The highest BCUT2D eigenvalue weighted by molar-refractivity contribution is 5.85. The number of amides is 2. The van der Waals surface area contributed by atoms with E-state index in [1.54, 1.807) is 35.4 Å². The van der Waals surface area contributed by atoms with Crippen LogP contribution in [0.1, 0.15) is 43.4 Å². The van der Waals surface area contributed by atoms with E-state index in [2.05, 4.69) is 10.3 Å². The first-order valence-corrected chi connectivity index (χ1v) is 11.9. The maximum atomic E-state index is 12.8. The molecule has 0 spiro atoms. The van der Waals surface area contributed by atoms with Crippen molar-refractivity contribution in [2.75, 3.05) is 19.7 Å². The number of benzene rings is 1. The number of nitrogens with two attached hydrogens (primary N) is 1. The molecule has 11 heteroatoms. The third-order valence-corrected chi connectivity index (χ3v) is 5.92. The molecule has 11 nitrogen and oxygen atoms in total. The number of likely N-dealkylation sites (tertiary alicyclic amines) is 1. The molecule has 0 radical (unpaired) electrons. The quantitative estimate of drug-likeness (QED) is 0.371. The molecule has 2 aromatic heterocycles. The molecular formula is C25H33N6O5+. The average molecular weight is 498 g/mol. The fraction of sp³-hybridized carbons (Fsp3) is 0.440. The molecule has 192 valence electrons. The van der Waals surface area contributed by atoms with Gasteiger partial charge in [-0.15, -0.1) is 9.03 Å². The van der Waals surface area contributed by atoms with Gasteiger partial charge in [0.1, 0.15) is 24.5 Å². The predicted molar refractivity (Wildman–Crippen MR) is 128 cm³/mol. The lowest BCUT2D eigenvalue weighted by atomic mass is 10.1. The van der Waals surface area contributed by atoms with Crippen LogP contribution in [0.4, 0.5) is 4.79 Å². The SMILES string of the molecule is CC(C)(N)C(=O)N[C@H](COCc1ccccc1)c1nc[n+]2cccc(COC(=O)N3CC[C@H](O)C3)n12. The summed E-state index contributed by atoms with van der Waals surface area (Å²) in [5, 5.41) is 12.6. The Labute approximate surface area is 209 Å². The molecule has 1 aliphatic heterocycles. The van der Waals surface area contributed by atoms with Gasteiger partial charge in [0.25, 0.3) is 5.82 Å². The summed E-state index contributed by atoms with van der Waals surface area (Å²) in [5.41, 5.74) is 6.58. The average Bonchev–Trinajstić information content (AvgIpc) is 3.48. The molecule has 0 bridgehead atoms. The maximum absolute atomic E-state index is 12.8. The molecule has 0 saturated carbocycles. The van der Waals surface area contributed by atoms with Crippen molar-refractivity contribution in [1.82, 2.24) is 19.7 Å². The Balaban J connectivity index is 1.55. The number of aromatic nitrogens is 3. The number of ether oxygens (including phenoxy) is 2. The van der Waals surface area contributed by atoms with Crippen LogP contribution in [0.2, 0.25) is 0 Å². The fourth-order valence-electron chi connectivity index (χ4n) is 3.93. The molecule has 2 atom stereocenters. The Morgan fingerprint density at radius 1 is 1.25 bits per heavy atom. The summed E-state index contributed by atoms with van der Waals surface area (Å²) in [7, 11) is 0. The standard InChI is InChI=1S/C25H32N6O5/c1-25(2,26)23(33)28-21(16-35-14-18-7-4-3-5-8-18)22-27-17-30-11-6-9-19(31(22)30)15-36-24(34)29-12-10-20(32)13-29/h3-9,11,17,20-21,32H,10,12-16,26H2,1-2H3/p+1/t20-,21+/m0/s1. The number of aliphatic hydroxyl groups is 1. The lowest BCUT2D eigenvalue weighted by Gasteiger charge is -2.22. The highest BCUT2D eigenvalue weighted by Gasteiger charge is 2.32. The molecule has 0 aliphatic carbocycles. The molecule has 0 unspecified atom stereocenters. The number of carbonyl (C=O) groups is 2. The smallest absolute Gasteiger partial charge is 0.410 e. The van der Waals surface area contributed by atoms with Crippen LogP contribution in [0.15, 0.2) is 55.0 Å². The van der Waals surface area contributed by atoms with Crippen LogP contribution in [0.3, 0.4) is 0 Å². The summed E-state index contributed by atoms with van der Waals surface area (Å²) in [6.45, 7) is 4.46. The van der Waals surface area contributed by atoms with E-state index in [1.165, 1.54) is 4.90 Å². The lowest BCUT2D eigenvalue weighted by molar-refractivity contribution is -0.620. The fourth-order valence-corrected chi connectivity index (χ4v) is 3.93. The third-order valence-electron chi connectivity index (χ3n) is 5.92. The Bertz CT molecular complexity index is 1190. The van der Waals surface area contributed by atoms with E-state index in [-0.39, 0.29) is 25.7 Å². The van der Waals surface area contributed by atoms with Gasteiger partial charge in [-0.25, -0.2) is 4.79 Å². The van der Waals surface area contributed by atoms with E-state index in [9.17, 15) is 14.7 Å². The van der Waals surface area contributed by atoms with Crippen molar-refractivity contribution in [1.29, 1.82) is 0 Å². The van der Waals surface area contributed by atoms with Crippen molar-refractivity contribution in [3.05, 3.63) is 72.1 Å². The van der Waals surface area contributed by atoms with Crippen LogP contribution in [-0.4, -0.2) is 62.8 Å². The van der Waals surface area contributed by atoms with Gasteiger partial charge in [-0.05, 0) is 42.9 Å². The van der Waals surface area contributed by atoms with E-state index in [4.69, 9.17) is 15.2 Å². The molecule has 3 aromatic rings. The Morgan fingerprint density at radius 2 is 2.03 bits per heavy atom. The minimum atomic E-state index is -1.10. The van der Waals surface area contributed by atoms with Gasteiger partial charge in [0.2, 0.25) is 5.91 Å². The number of hydrogen-bond acceptors (Lipinski definition) is 7. The van der Waals surface area contributed by atoms with Crippen LogP contribution < -0.4 is 15.6 Å². The highest BCUT2D eigenvalue weighted by Crippen LogP contribution is 2.16. The zero-order valence-corrected chi connectivity index (χ0v) is 20.5. The summed E-state index contributed by atoms with van der Waals surface area (Å²) < 4.78 is 15.0. The molecule has 1 aliphatic rings. The molecule has 2 amide bonds. The second-order valence-electron chi connectivity index (χ2n) is 9.49. The Hall–Kier alpha value is -3.54. The van der Waals surface area contributed by atoms with E-state index in [1.807, 2.05) is 42.5 Å². The van der Waals surface area contributed by atoms with Gasteiger partial charge in [-0.1, -0.05) is 30.3 Å². The normalized spacial score (nSPS) is 16.8. The predicted octanol–water partition coefficient (Wildman–Crippen LogP) is 0.734. The summed E-state index contributed by atoms with van der Waals surface area (Å²) >= 11 is 0. The summed E-state index contributed by atoms with van der Waals surface area (Å²) in [5.74, 6) is 0.151. The second-order valence-corrected chi connectivity index (χ2v) is 9.49. The number of rotatable bonds is 9. The van der Waals surface area contributed by atoms with E-state index in [0.717, 1.165) is 5.56 Å². The van der Waals surface area contributed by atoms with Crippen molar-refractivity contribution >= 4 is 12.0 Å². The van der Waals surface area contributed by atoms with Crippen LogP contribution in [0, 0.1) is 0 Å². The zero-order valence-electron chi connectivity index (χ0n) is 20.5. The molecule has 4 rings (SSSR count). The minimum absolute atomic E-state index is 0.0208. The molecule has 36 heavy (non-hydrogen) atoms. The largest absolute Gasteiger partial charge is 0.443 e. The molecule has 1 saturated heterocycles. The summed E-state index contributed by atoms with van der Waals surface area (Å²) in [6, 6.07) is 12.7. The number of carbonyl (C=O) groups excluding carboxylic acids is 2. The van der Waals surface area contributed by atoms with E-state index >= 15 is 0 Å². The van der Waals surface area contributed by atoms with Crippen molar-refractivity contribution in [2.24, 2.45) is 5.73 Å². The molecular weight excluding hydrogens is 464 g/mol. The number of aliphatic hydroxyl groups excluding tert-OH is 1. The summed E-state index contributed by atoms with van der Waals surface area (Å²) in [4.78, 5) is 31.3. The first-order chi connectivity index (χ1) is 17.2. The van der Waals surface area contributed by atoms with Crippen molar-refractivity contribution in [2.45, 2.75) is 51.2 Å². The van der Waals surface area contributed by atoms with Gasteiger partial charge in [-0.3, -0.25) is 4.79 Å². The van der Waals surface area contributed by atoms with Crippen LogP contribution in [0.5, 0.6) is 0 Å². The van der Waals surface area contributed by atoms with Gasteiger partial charge >= 0.3 is 12.4 Å². The van der Waals surface area contributed by atoms with Gasteiger partial charge in [-0.2, -0.15) is 0 Å².